The van der Waals surface area contributed by atoms with Crippen LogP contribution in [0.3, 0.4) is 0 Å². The van der Waals surface area contributed by atoms with Crippen molar-refractivity contribution in [1.29, 1.82) is 0 Å². The molecule has 202 valence electrons. The van der Waals surface area contributed by atoms with E-state index in [0.29, 0.717) is 29.3 Å². The number of carbonyl (C=O) groups excluding carboxylic acids is 3. The quantitative estimate of drug-likeness (QED) is 0.189. The van der Waals surface area contributed by atoms with Gasteiger partial charge in [0.05, 0.1) is 25.5 Å². The number of nitrogens with one attached hydrogen (secondary N) is 2. The van der Waals surface area contributed by atoms with Crippen molar-refractivity contribution >= 4 is 29.2 Å². The number of methoxy groups -OCH3 is 2. The molecule has 0 unspecified atom stereocenters. The highest BCUT2D eigenvalue weighted by Gasteiger charge is 2.14. The molecule has 2 rings (SSSR count). The van der Waals surface area contributed by atoms with Crippen LogP contribution in [0.2, 0.25) is 0 Å². The molecule has 0 saturated heterocycles. The lowest BCUT2D eigenvalue weighted by atomic mass is 10.1. The second-order valence-corrected chi connectivity index (χ2v) is 8.90. The van der Waals surface area contributed by atoms with Crippen LogP contribution >= 0.6 is 0 Å². The van der Waals surface area contributed by atoms with Crippen LogP contribution in [-0.4, -0.2) is 38.6 Å². The second-order valence-electron chi connectivity index (χ2n) is 8.90. The van der Waals surface area contributed by atoms with Gasteiger partial charge in [-0.1, -0.05) is 64.4 Å². The maximum Gasteiger partial charge on any atom is 0.338 e. The molecular weight excluding hydrogens is 472 g/mol. The number of esters is 1. The fourth-order valence-corrected chi connectivity index (χ4v) is 3.86. The van der Waals surface area contributed by atoms with Crippen LogP contribution in [0.5, 0.6) is 11.5 Å². The first kappa shape index (κ1) is 29.7. The van der Waals surface area contributed by atoms with Crippen molar-refractivity contribution in [2.24, 2.45) is 0 Å². The summed E-state index contributed by atoms with van der Waals surface area (Å²) in [6.07, 6.45) is 11.2. The van der Waals surface area contributed by atoms with Gasteiger partial charge in [0.15, 0.2) is 6.61 Å². The van der Waals surface area contributed by atoms with E-state index in [9.17, 15) is 14.4 Å². The molecule has 0 aromatic heterocycles. The molecule has 0 aliphatic heterocycles. The SMILES string of the molecule is CCCCCCCCCCCC(=O)Nc1cccc(C(=O)OCC(=O)Nc2cc(OC)ccc2OC)c1. The summed E-state index contributed by atoms with van der Waals surface area (Å²) in [5.41, 5.74) is 1.16. The van der Waals surface area contributed by atoms with Gasteiger partial charge < -0.3 is 24.8 Å². The average Bonchev–Trinajstić information content (AvgIpc) is 2.90. The Balaban J connectivity index is 1.74. The molecule has 0 aliphatic carbocycles. The van der Waals surface area contributed by atoms with Crippen molar-refractivity contribution in [3.63, 3.8) is 0 Å². The Bertz CT molecular complexity index is 1010. The van der Waals surface area contributed by atoms with E-state index in [1.807, 2.05) is 0 Å². The standard InChI is InChI=1S/C29H40N2O6/c1-4-5-6-7-8-9-10-11-12-16-27(32)30-23-15-13-14-22(19-23)29(34)37-21-28(33)31-25-20-24(35-2)17-18-26(25)36-3/h13-15,17-20H,4-12,16,21H2,1-3H3,(H,30,32)(H,31,33). The average molecular weight is 513 g/mol. The van der Waals surface area contributed by atoms with E-state index >= 15 is 0 Å². The van der Waals surface area contributed by atoms with E-state index in [4.69, 9.17) is 14.2 Å². The summed E-state index contributed by atoms with van der Waals surface area (Å²) in [5, 5.41) is 5.48. The minimum Gasteiger partial charge on any atom is -0.497 e. The number of anilines is 2. The Hall–Kier alpha value is -3.55. The van der Waals surface area contributed by atoms with Gasteiger partial charge in [0.1, 0.15) is 11.5 Å². The highest BCUT2D eigenvalue weighted by atomic mass is 16.5. The predicted octanol–water partition coefficient (Wildman–Crippen LogP) is 6.36. The molecule has 0 radical (unpaired) electrons. The van der Waals surface area contributed by atoms with Gasteiger partial charge in [-0.15, -0.1) is 0 Å². The first-order valence-corrected chi connectivity index (χ1v) is 13.1. The summed E-state index contributed by atoms with van der Waals surface area (Å²) in [6, 6.07) is 11.5. The van der Waals surface area contributed by atoms with Gasteiger partial charge in [-0.05, 0) is 36.8 Å². The zero-order chi connectivity index (χ0) is 26.9. The van der Waals surface area contributed by atoms with E-state index in [2.05, 4.69) is 17.6 Å². The molecule has 2 N–H and O–H groups in total. The highest BCUT2D eigenvalue weighted by Crippen LogP contribution is 2.28. The fraction of sp³-hybridized carbons (Fsp3) is 0.483. The Morgan fingerprint density at radius 1 is 0.757 bits per heavy atom. The van der Waals surface area contributed by atoms with Crippen molar-refractivity contribution in [3.8, 4) is 11.5 Å². The highest BCUT2D eigenvalue weighted by molar-refractivity contribution is 5.97. The number of hydrogen-bond donors (Lipinski definition) is 2. The molecule has 0 aliphatic rings. The van der Waals surface area contributed by atoms with Crippen molar-refractivity contribution in [2.75, 3.05) is 31.5 Å². The molecule has 2 aromatic carbocycles. The maximum atomic E-state index is 12.5. The molecular formula is C29H40N2O6. The summed E-state index contributed by atoms with van der Waals surface area (Å²) in [4.78, 5) is 37.1. The van der Waals surface area contributed by atoms with Crippen LogP contribution in [-0.2, 0) is 14.3 Å². The Labute approximate surface area is 220 Å². The maximum absolute atomic E-state index is 12.5. The Morgan fingerprint density at radius 2 is 1.46 bits per heavy atom. The number of unbranched alkanes of at least 4 members (excludes halogenated alkanes) is 8. The largest absolute Gasteiger partial charge is 0.497 e. The molecule has 8 heteroatoms. The number of carbonyl (C=O) groups is 3. The van der Waals surface area contributed by atoms with Crippen LogP contribution < -0.4 is 20.1 Å². The molecule has 0 saturated carbocycles. The van der Waals surface area contributed by atoms with E-state index in [-0.39, 0.29) is 11.5 Å². The van der Waals surface area contributed by atoms with Gasteiger partial charge in [0.25, 0.3) is 5.91 Å². The summed E-state index contributed by atoms with van der Waals surface area (Å²) in [5.74, 6) is -0.274. The summed E-state index contributed by atoms with van der Waals surface area (Å²) < 4.78 is 15.5. The lowest BCUT2D eigenvalue weighted by Crippen LogP contribution is -2.21. The fourth-order valence-electron chi connectivity index (χ4n) is 3.86. The van der Waals surface area contributed by atoms with E-state index in [0.717, 1.165) is 19.3 Å². The summed E-state index contributed by atoms with van der Waals surface area (Å²) >= 11 is 0. The Morgan fingerprint density at radius 3 is 2.14 bits per heavy atom. The van der Waals surface area contributed by atoms with E-state index < -0.39 is 18.5 Å². The third-order valence-corrected chi connectivity index (χ3v) is 5.90. The first-order valence-electron chi connectivity index (χ1n) is 13.1. The zero-order valence-electron chi connectivity index (χ0n) is 22.3. The molecule has 2 aromatic rings. The number of hydrogen-bond acceptors (Lipinski definition) is 6. The molecule has 0 bridgehead atoms. The molecule has 0 heterocycles. The van der Waals surface area contributed by atoms with Crippen molar-refractivity contribution < 1.29 is 28.6 Å². The van der Waals surface area contributed by atoms with Crippen molar-refractivity contribution in [2.45, 2.75) is 71.1 Å². The van der Waals surface area contributed by atoms with Crippen LogP contribution in [0.4, 0.5) is 11.4 Å². The molecule has 0 spiro atoms. The number of amides is 2. The van der Waals surface area contributed by atoms with Gasteiger partial charge in [-0.25, -0.2) is 4.79 Å². The lowest BCUT2D eigenvalue weighted by Gasteiger charge is -2.12. The number of ether oxygens (including phenoxy) is 3. The number of benzene rings is 2. The van der Waals surface area contributed by atoms with Gasteiger partial charge >= 0.3 is 5.97 Å². The smallest absolute Gasteiger partial charge is 0.338 e. The van der Waals surface area contributed by atoms with E-state index in [1.54, 1.807) is 42.5 Å². The van der Waals surface area contributed by atoms with Crippen LogP contribution in [0, 0.1) is 0 Å². The lowest BCUT2D eigenvalue weighted by molar-refractivity contribution is -0.119. The third-order valence-electron chi connectivity index (χ3n) is 5.90. The van der Waals surface area contributed by atoms with E-state index in [1.165, 1.54) is 52.7 Å². The second kappa shape index (κ2) is 17.0. The summed E-state index contributed by atoms with van der Waals surface area (Å²) in [6.45, 7) is 1.74. The molecule has 37 heavy (non-hydrogen) atoms. The monoisotopic (exact) mass is 512 g/mol. The number of rotatable bonds is 17. The molecule has 2 amide bonds. The van der Waals surface area contributed by atoms with Gasteiger partial charge in [0.2, 0.25) is 5.91 Å². The van der Waals surface area contributed by atoms with Gasteiger partial charge in [0, 0.05) is 18.2 Å². The zero-order valence-corrected chi connectivity index (χ0v) is 22.3. The van der Waals surface area contributed by atoms with Crippen molar-refractivity contribution in [3.05, 3.63) is 48.0 Å². The topological polar surface area (TPSA) is 103 Å². The predicted molar refractivity (Wildman–Crippen MR) is 145 cm³/mol. The molecule has 0 fully saturated rings. The first-order chi connectivity index (χ1) is 18.0. The third kappa shape index (κ3) is 11.4. The minimum atomic E-state index is -0.664. The van der Waals surface area contributed by atoms with Crippen LogP contribution in [0.15, 0.2) is 42.5 Å². The van der Waals surface area contributed by atoms with Gasteiger partial charge in [-0.3, -0.25) is 9.59 Å². The molecule has 0 atom stereocenters. The van der Waals surface area contributed by atoms with Crippen LogP contribution in [0.1, 0.15) is 81.5 Å². The molecule has 8 nitrogen and oxygen atoms in total. The summed E-state index contributed by atoms with van der Waals surface area (Å²) in [7, 11) is 3.00. The van der Waals surface area contributed by atoms with Gasteiger partial charge in [-0.2, -0.15) is 0 Å². The van der Waals surface area contributed by atoms with Crippen LogP contribution in [0.25, 0.3) is 0 Å². The normalized spacial score (nSPS) is 10.5. The Kier molecular flexibility index (Phi) is 13.6. The van der Waals surface area contributed by atoms with Crippen molar-refractivity contribution in [1.82, 2.24) is 0 Å². The minimum absolute atomic E-state index is 0.0833.